The summed E-state index contributed by atoms with van der Waals surface area (Å²) in [5, 5.41) is 4.56. The van der Waals surface area contributed by atoms with Gasteiger partial charge in [-0.25, -0.2) is 9.97 Å². The molecule has 7 heteroatoms. The number of carbonyl (C=O) groups excluding carboxylic acids is 1. The third-order valence-electron chi connectivity index (χ3n) is 6.20. The Morgan fingerprint density at radius 3 is 2.86 bits per heavy atom. The number of amides is 1. The van der Waals surface area contributed by atoms with E-state index in [4.69, 9.17) is 4.98 Å². The van der Waals surface area contributed by atoms with Gasteiger partial charge in [-0.3, -0.25) is 9.48 Å². The molecule has 0 aliphatic carbocycles. The molecule has 1 amide bonds. The molecule has 2 aliphatic heterocycles. The molecule has 0 unspecified atom stereocenters. The molecule has 156 valence electrons. The summed E-state index contributed by atoms with van der Waals surface area (Å²) in [4.78, 5) is 27.1. The first-order valence-electron chi connectivity index (χ1n) is 10.8. The number of hydrogen-bond donors (Lipinski definition) is 0. The number of fused-ring (bicyclic) bond motifs is 1. The fourth-order valence-electron chi connectivity index (χ4n) is 4.68. The van der Waals surface area contributed by atoms with Gasteiger partial charge in [0, 0.05) is 55.6 Å². The van der Waals surface area contributed by atoms with Crippen molar-refractivity contribution in [3.8, 4) is 0 Å². The van der Waals surface area contributed by atoms with Crippen molar-refractivity contribution in [1.29, 1.82) is 0 Å². The van der Waals surface area contributed by atoms with Crippen LogP contribution in [0.5, 0.6) is 0 Å². The van der Waals surface area contributed by atoms with Crippen LogP contribution in [-0.2, 0) is 17.8 Å². The van der Waals surface area contributed by atoms with E-state index < -0.39 is 0 Å². The molecule has 4 rings (SSSR count). The third-order valence-corrected chi connectivity index (χ3v) is 6.20. The van der Waals surface area contributed by atoms with Crippen molar-refractivity contribution in [2.24, 2.45) is 0 Å². The molecule has 1 saturated heterocycles. The Morgan fingerprint density at radius 2 is 2.10 bits per heavy atom. The van der Waals surface area contributed by atoms with Crippen LogP contribution in [-0.4, -0.2) is 55.6 Å². The molecule has 0 radical (unpaired) electrons. The van der Waals surface area contributed by atoms with E-state index in [0.717, 1.165) is 68.2 Å². The second kappa shape index (κ2) is 8.22. The van der Waals surface area contributed by atoms with Crippen LogP contribution >= 0.6 is 0 Å². The van der Waals surface area contributed by atoms with Crippen molar-refractivity contribution >= 4 is 5.91 Å². The number of nitrogens with zero attached hydrogens (tertiary/aromatic N) is 6. The summed E-state index contributed by atoms with van der Waals surface area (Å²) in [6.45, 7) is 8.83. The molecule has 7 nitrogen and oxygen atoms in total. The van der Waals surface area contributed by atoms with E-state index in [1.807, 2.05) is 29.6 Å². The van der Waals surface area contributed by atoms with Gasteiger partial charge in [-0.2, -0.15) is 5.10 Å². The van der Waals surface area contributed by atoms with Crippen LogP contribution in [0.15, 0.2) is 12.3 Å². The monoisotopic (exact) mass is 396 g/mol. The van der Waals surface area contributed by atoms with Crippen LogP contribution in [0, 0.1) is 13.8 Å². The summed E-state index contributed by atoms with van der Waals surface area (Å²) in [6.07, 6.45) is 6.49. The smallest absolute Gasteiger partial charge is 0.225 e. The highest BCUT2D eigenvalue weighted by Crippen LogP contribution is 2.31. The van der Waals surface area contributed by atoms with Crippen LogP contribution in [0.3, 0.4) is 0 Å². The number of hydrogen-bond acceptors (Lipinski definition) is 5. The highest BCUT2D eigenvalue weighted by atomic mass is 16.2. The quantitative estimate of drug-likeness (QED) is 0.795. The summed E-state index contributed by atoms with van der Waals surface area (Å²) in [5.74, 6) is 0.996. The van der Waals surface area contributed by atoms with Gasteiger partial charge in [-0.1, -0.05) is 0 Å². The minimum Gasteiger partial charge on any atom is -0.332 e. The molecule has 1 fully saturated rings. The van der Waals surface area contributed by atoms with Crippen molar-refractivity contribution in [1.82, 2.24) is 29.5 Å². The predicted molar refractivity (Wildman–Crippen MR) is 111 cm³/mol. The van der Waals surface area contributed by atoms with Crippen molar-refractivity contribution < 1.29 is 4.79 Å². The van der Waals surface area contributed by atoms with Gasteiger partial charge in [0.05, 0.1) is 17.8 Å². The lowest BCUT2D eigenvalue weighted by Crippen LogP contribution is -2.40. The number of carbonyl (C=O) groups is 1. The highest BCUT2D eigenvalue weighted by molar-refractivity contribution is 5.77. The molecule has 0 spiro atoms. The van der Waals surface area contributed by atoms with Crippen LogP contribution < -0.4 is 0 Å². The van der Waals surface area contributed by atoms with E-state index >= 15 is 0 Å². The SMILES string of the molecule is Cc1cc(C)n([C@H](C)CC(=O)N2CCCC[C@H]2c2ncc3c(n2)CCN(C)C3)n1. The van der Waals surface area contributed by atoms with Gasteiger partial charge in [0.15, 0.2) is 5.82 Å². The van der Waals surface area contributed by atoms with Crippen LogP contribution in [0.4, 0.5) is 0 Å². The second-order valence-corrected chi connectivity index (χ2v) is 8.71. The van der Waals surface area contributed by atoms with E-state index in [2.05, 4.69) is 35.0 Å². The molecule has 2 aliphatic rings. The molecular weight excluding hydrogens is 364 g/mol. The van der Waals surface area contributed by atoms with E-state index in [1.54, 1.807) is 0 Å². The Bertz CT molecular complexity index is 891. The van der Waals surface area contributed by atoms with Crippen molar-refractivity contribution in [3.63, 3.8) is 0 Å². The molecule has 4 heterocycles. The average Bonchev–Trinajstić information content (AvgIpc) is 3.05. The number of rotatable bonds is 4. The van der Waals surface area contributed by atoms with Crippen molar-refractivity contribution in [2.45, 2.75) is 71.5 Å². The van der Waals surface area contributed by atoms with Crippen molar-refractivity contribution in [2.75, 3.05) is 20.1 Å². The van der Waals surface area contributed by atoms with Gasteiger partial charge in [-0.15, -0.1) is 0 Å². The van der Waals surface area contributed by atoms with Crippen LogP contribution in [0.25, 0.3) is 0 Å². The van der Waals surface area contributed by atoms with Crippen LogP contribution in [0.2, 0.25) is 0 Å². The Labute approximate surface area is 173 Å². The Hall–Kier alpha value is -2.28. The van der Waals surface area contributed by atoms with Crippen LogP contribution in [0.1, 0.15) is 73.2 Å². The first kappa shape index (κ1) is 20.0. The van der Waals surface area contributed by atoms with E-state index in [-0.39, 0.29) is 18.0 Å². The number of likely N-dealkylation sites (tertiary alicyclic amines) is 1. The molecule has 0 saturated carbocycles. The minimum absolute atomic E-state index is 0.00568. The lowest BCUT2D eigenvalue weighted by molar-refractivity contribution is -0.136. The number of piperidine rings is 1. The first-order chi connectivity index (χ1) is 13.9. The standard InChI is InChI=1S/C22H32N6O/c1-15-11-16(2)28(25-15)17(3)12-21(29)27-9-6-5-7-20(27)22-23-13-18-14-26(4)10-8-19(18)24-22/h11,13,17,20H,5-10,12,14H2,1-4H3/t17-,20+/m1/s1. The van der Waals surface area contributed by atoms with Crippen molar-refractivity contribution in [3.05, 3.63) is 40.7 Å². The van der Waals surface area contributed by atoms with Gasteiger partial charge >= 0.3 is 0 Å². The third kappa shape index (κ3) is 4.20. The van der Waals surface area contributed by atoms with Gasteiger partial charge in [0.1, 0.15) is 0 Å². The fraction of sp³-hybridized carbons (Fsp3) is 0.636. The minimum atomic E-state index is -0.00568. The molecule has 0 aromatic carbocycles. The van der Waals surface area contributed by atoms with Gasteiger partial charge in [-0.05, 0) is 53.1 Å². The largest absolute Gasteiger partial charge is 0.332 e. The van der Waals surface area contributed by atoms with Gasteiger partial charge < -0.3 is 9.80 Å². The Kier molecular flexibility index (Phi) is 5.67. The number of aromatic nitrogens is 4. The first-order valence-corrected chi connectivity index (χ1v) is 10.8. The zero-order valence-electron chi connectivity index (χ0n) is 18.1. The van der Waals surface area contributed by atoms with Gasteiger partial charge in [0.2, 0.25) is 5.91 Å². The second-order valence-electron chi connectivity index (χ2n) is 8.71. The van der Waals surface area contributed by atoms with E-state index in [0.29, 0.717) is 6.42 Å². The highest BCUT2D eigenvalue weighted by Gasteiger charge is 2.31. The van der Waals surface area contributed by atoms with Gasteiger partial charge in [0.25, 0.3) is 0 Å². The Balaban J connectivity index is 1.51. The number of likely N-dealkylation sites (N-methyl/N-ethyl adjacent to an activating group) is 1. The lowest BCUT2D eigenvalue weighted by Gasteiger charge is -2.36. The summed E-state index contributed by atoms with van der Waals surface area (Å²) in [6, 6.07) is 2.09. The number of aryl methyl sites for hydroxylation is 2. The summed E-state index contributed by atoms with van der Waals surface area (Å²) in [7, 11) is 2.13. The zero-order chi connectivity index (χ0) is 20.5. The summed E-state index contributed by atoms with van der Waals surface area (Å²) >= 11 is 0. The average molecular weight is 397 g/mol. The molecule has 29 heavy (non-hydrogen) atoms. The topological polar surface area (TPSA) is 67.2 Å². The van der Waals surface area contributed by atoms with E-state index in [1.165, 1.54) is 5.56 Å². The Morgan fingerprint density at radius 1 is 1.28 bits per heavy atom. The zero-order valence-corrected chi connectivity index (χ0v) is 18.1. The molecule has 0 bridgehead atoms. The maximum Gasteiger partial charge on any atom is 0.225 e. The fourth-order valence-corrected chi connectivity index (χ4v) is 4.68. The molecular formula is C22H32N6O. The molecule has 2 atom stereocenters. The molecule has 0 N–H and O–H groups in total. The maximum atomic E-state index is 13.2. The van der Waals surface area contributed by atoms with E-state index in [9.17, 15) is 4.79 Å². The molecule has 2 aromatic rings. The normalized spacial score (nSPS) is 21.1. The maximum absolute atomic E-state index is 13.2. The summed E-state index contributed by atoms with van der Waals surface area (Å²) in [5.41, 5.74) is 4.46. The summed E-state index contributed by atoms with van der Waals surface area (Å²) < 4.78 is 1.97. The lowest BCUT2D eigenvalue weighted by atomic mass is 9.99. The molecule has 2 aromatic heterocycles. The predicted octanol–water partition coefficient (Wildman–Crippen LogP) is 2.98.